The molecule has 3 heteroatoms. The van der Waals surface area contributed by atoms with Crippen LogP contribution in [0.15, 0.2) is 24.4 Å². The van der Waals surface area contributed by atoms with E-state index in [2.05, 4.69) is 22.9 Å². The predicted molar refractivity (Wildman–Crippen MR) is 61.6 cm³/mol. The molecule has 1 fully saturated rings. The summed E-state index contributed by atoms with van der Waals surface area (Å²) in [5, 5.41) is 9.87. The molecule has 0 bridgehead atoms. The van der Waals surface area contributed by atoms with E-state index in [9.17, 15) is 0 Å². The molecule has 0 atom stereocenters. The zero-order chi connectivity index (χ0) is 11.0. The number of rotatable bonds is 4. The Labute approximate surface area is 94.3 Å². The van der Waals surface area contributed by atoms with Crippen molar-refractivity contribution in [3.8, 4) is 5.75 Å². The van der Waals surface area contributed by atoms with E-state index in [1.165, 1.54) is 18.4 Å². The number of benzene rings is 1. The molecule has 1 heterocycles. The van der Waals surface area contributed by atoms with E-state index in [1.807, 2.05) is 12.1 Å². The highest BCUT2D eigenvalue weighted by molar-refractivity contribution is 5.86. The van der Waals surface area contributed by atoms with Crippen LogP contribution in [0.25, 0.3) is 10.9 Å². The van der Waals surface area contributed by atoms with Gasteiger partial charge in [0.1, 0.15) is 12.4 Å². The van der Waals surface area contributed by atoms with Crippen LogP contribution in [0.5, 0.6) is 5.75 Å². The van der Waals surface area contributed by atoms with Gasteiger partial charge < -0.3 is 14.4 Å². The molecule has 0 spiro atoms. The SMILES string of the molecule is OCCOc1c[c]cc2c1ccn2C1CC1. The van der Waals surface area contributed by atoms with Gasteiger partial charge in [-0.3, -0.25) is 0 Å². The fourth-order valence-corrected chi connectivity index (χ4v) is 2.04. The summed E-state index contributed by atoms with van der Waals surface area (Å²) < 4.78 is 7.78. The summed E-state index contributed by atoms with van der Waals surface area (Å²) in [4.78, 5) is 0. The van der Waals surface area contributed by atoms with Gasteiger partial charge in [0, 0.05) is 17.6 Å². The van der Waals surface area contributed by atoms with Crippen molar-refractivity contribution in [2.75, 3.05) is 13.2 Å². The van der Waals surface area contributed by atoms with E-state index in [0.717, 1.165) is 11.1 Å². The molecule has 1 aliphatic carbocycles. The van der Waals surface area contributed by atoms with Gasteiger partial charge in [-0.15, -0.1) is 0 Å². The molecule has 1 aromatic carbocycles. The number of aromatic nitrogens is 1. The van der Waals surface area contributed by atoms with Crippen molar-refractivity contribution in [1.29, 1.82) is 0 Å². The van der Waals surface area contributed by atoms with E-state index in [0.29, 0.717) is 12.6 Å². The van der Waals surface area contributed by atoms with Gasteiger partial charge in [-0.25, -0.2) is 0 Å². The first kappa shape index (κ1) is 9.73. The Hall–Kier alpha value is -1.48. The Bertz CT molecular complexity index is 500. The van der Waals surface area contributed by atoms with Gasteiger partial charge in [0.05, 0.1) is 12.1 Å². The molecule has 1 aliphatic rings. The molecule has 0 amide bonds. The maximum Gasteiger partial charge on any atom is 0.129 e. The third kappa shape index (κ3) is 1.57. The Morgan fingerprint density at radius 3 is 3.06 bits per heavy atom. The maximum atomic E-state index is 8.76. The fraction of sp³-hybridized carbons (Fsp3) is 0.385. The van der Waals surface area contributed by atoms with Crippen LogP contribution in [-0.4, -0.2) is 22.9 Å². The fourth-order valence-electron chi connectivity index (χ4n) is 2.04. The Morgan fingerprint density at radius 1 is 1.44 bits per heavy atom. The maximum absolute atomic E-state index is 8.76. The average molecular weight is 216 g/mol. The molecule has 1 N–H and O–H groups in total. The van der Waals surface area contributed by atoms with Crippen LogP contribution in [0.1, 0.15) is 18.9 Å². The molecule has 1 aromatic heterocycles. The standard InChI is InChI=1S/C13H14NO2/c15-8-9-16-13-3-1-2-12-11(13)6-7-14(12)10-4-5-10/h2-3,6-7,10,15H,4-5,8-9H2. The van der Waals surface area contributed by atoms with E-state index >= 15 is 0 Å². The van der Waals surface area contributed by atoms with Crippen LogP contribution >= 0.6 is 0 Å². The Kier molecular flexibility index (Phi) is 2.33. The number of aliphatic hydroxyl groups excluding tert-OH is 1. The van der Waals surface area contributed by atoms with Gasteiger partial charge >= 0.3 is 0 Å². The highest BCUT2D eigenvalue weighted by Gasteiger charge is 2.24. The van der Waals surface area contributed by atoms with Crippen LogP contribution in [-0.2, 0) is 0 Å². The summed E-state index contributed by atoms with van der Waals surface area (Å²) in [6, 6.07) is 9.67. The zero-order valence-electron chi connectivity index (χ0n) is 9.02. The summed E-state index contributed by atoms with van der Waals surface area (Å²) in [5.41, 5.74) is 1.18. The van der Waals surface area contributed by atoms with E-state index in [-0.39, 0.29) is 6.61 Å². The molecule has 0 unspecified atom stereocenters. The topological polar surface area (TPSA) is 34.4 Å². The normalized spacial score (nSPS) is 15.6. The minimum Gasteiger partial charge on any atom is -0.490 e. The molecule has 3 rings (SSSR count). The lowest BCUT2D eigenvalue weighted by atomic mass is 10.2. The second kappa shape index (κ2) is 3.83. The van der Waals surface area contributed by atoms with Gasteiger partial charge in [0.15, 0.2) is 0 Å². The van der Waals surface area contributed by atoms with Crippen LogP contribution in [0.4, 0.5) is 0 Å². The van der Waals surface area contributed by atoms with Crippen LogP contribution in [0.3, 0.4) is 0 Å². The number of nitrogens with zero attached hydrogens (tertiary/aromatic N) is 1. The summed E-state index contributed by atoms with van der Waals surface area (Å²) in [6.07, 6.45) is 4.65. The highest BCUT2D eigenvalue weighted by Crippen LogP contribution is 2.39. The summed E-state index contributed by atoms with van der Waals surface area (Å²) >= 11 is 0. The first-order valence-electron chi connectivity index (χ1n) is 5.64. The molecule has 1 radical (unpaired) electrons. The largest absolute Gasteiger partial charge is 0.490 e. The van der Waals surface area contributed by atoms with Gasteiger partial charge in [0.25, 0.3) is 0 Å². The number of aliphatic hydroxyl groups is 1. The lowest BCUT2D eigenvalue weighted by Gasteiger charge is -2.07. The van der Waals surface area contributed by atoms with Crippen molar-refractivity contribution in [2.45, 2.75) is 18.9 Å². The molecule has 1 saturated carbocycles. The Morgan fingerprint density at radius 2 is 2.31 bits per heavy atom. The van der Waals surface area contributed by atoms with Gasteiger partial charge in [0.2, 0.25) is 0 Å². The first-order valence-corrected chi connectivity index (χ1v) is 5.64. The number of hydrogen-bond donors (Lipinski definition) is 1. The molecule has 0 aliphatic heterocycles. The quantitative estimate of drug-likeness (QED) is 0.849. The van der Waals surface area contributed by atoms with Crippen molar-refractivity contribution < 1.29 is 9.84 Å². The van der Waals surface area contributed by atoms with Crippen LogP contribution < -0.4 is 4.74 Å². The monoisotopic (exact) mass is 216 g/mol. The van der Waals surface area contributed by atoms with Crippen LogP contribution in [0.2, 0.25) is 0 Å². The smallest absolute Gasteiger partial charge is 0.129 e. The van der Waals surface area contributed by atoms with Gasteiger partial charge in [-0.05, 0) is 37.1 Å². The summed E-state index contributed by atoms with van der Waals surface area (Å²) in [7, 11) is 0. The second-order valence-corrected chi connectivity index (χ2v) is 4.14. The molecule has 16 heavy (non-hydrogen) atoms. The Balaban J connectivity index is 2.02. The lowest BCUT2D eigenvalue weighted by molar-refractivity contribution is 0.203. The molecule has 3 nitrogen and oxygen atoms in total. The summed E-state index contributed by atoms with van der Waals surface area (Å²) in [6.45, 7) is 0.376. The molecular formula is C13H14NO2. The highest BCUT2D eigenvalue weighted by atomic mass is 16.5. The zero-order valence-corrected chi connectivity index (χ0v) is 9.02. The van der Waals surface area contributed by atoms with Gasteiger partial charge in [-0.1, -0.05) is 0 Å². The molecule has 83 valence electrons. The number of ether oxygens (including phenoxy) is 1. The van der Waals surface area contributed by atoms with Crippen molar-refractivity contribution in [3.63, 3.8) is 0 Å². The third-order valence-corrected chi connectivity index (χ3v) is 2.94. The molecule has 0 saturated heterocycles. The number of fused-ring (bicyclic) bond motifs is 1. The predicted octanol–water partition coefficient (Wildman–Crippen LogP) is 2.15. The van der Waals surface area contributed by atoms with E-state index in [1.54, 1.807) is 0 Å². The van der Waals surface area contributed by atoms with E-state index in [4.69, 9.17) is 9.84 Å². The van der Waals surface area contributed by atoms with Crippen molar-refractivity contribution >= 4 is 10.9 Å². The van der Waals surface area contributed by atoms with Crippen molar-refractivity contribution in [2.24, 2.45) is 0 Å². The van der Waals surface area contributed by atoms with Gasteiger partial charge in [-0.2, -0.15) is 0 Å². The number of hydrogen-bond acceptors (Lipinski definition) is 2. The van der Waals surface area contributed by atoms with E-state index < -0.39 is 0 Å². The van der Waals surface area contributed by atoms with Crippen molar-refractivity contribution in [1.82, 2.24) is 4.57 Å². The lowest BCUT2D eigenvalue weighted by Crippen LogP contribution is -2.01. The second-order valence-electron chi connectivity index (χ2n) is 4.14. The molecular weight excluding hydrogens is 202 g/mol. The minimum atomic E-state index is 0.0414. The van der Waals surface area contributed by atoms with Crippen LogP contribution in [0, 0.1) is 6.07 Å². The minimum absolute atomic E-state index is 0.0414. The summed E-state index contributed by atoms with van der Waals surface area (Å²) in [5.74, 6) is 0.811. The average Bonchev–Trinajstić information content (AvgIpc) is 3.06. The van der Waals surface area contributed by atoms with Crippen molar-refractivity contribution in [3.05, 3.63) is 30.5 Å². The molecule has 2 aromatic rings. The first-order chi connectivity index (χ1) is 7.90. The third-order valence-electron chi connectivity index (χ3n) is 2.94.